The molecule has 0 spiro atoms. The summed E-state index contributed by atoms with van der Waals surface area (Å²) in [4.78, 5) is 32.8. The first-order chi connectivity index (χ1) is 14.8. The molecule has 1 aromatic carbocycles. The topological polar surface area (TPSA) is 86.8 Å². The number of ether oxygens (including phenoxy) is 1. The minimum absolute atomic E-state index is 0.0818. The Hall–Kier alpha value is -2.56. The summed E-state index contributed by atoms with van der Waals surface area (Å²) in [6.07, 6.45) is 0.491. The molecule has 1 aliphatic rings. The van der Waals surface area contributed by atoms with Gasteiger partial charge in [-0.25, -0.2) is 14.2 Å². The van der Waals surface area contributed by atoms with Crippen LogP contribution in [-0.4, -0.2) is 66.1 Å². The van der Waals surface area contributed by atoms with Crippen molar-refractivity contribution >= 4 is 28.4 Å². The molecule has 2 N–H and O–H groups in total. The van der Waals surface area contributed by atoms with Crippen LogP contribution in [0.25, 0.3) is 0 Å². The second-order valence-electron chi connectivity index (χ2n) is 7.73. The van der Waals surface area contributed by atoms with Crippen molar-refractivity contribution in [1.82, 2.24) is 20.1 Å². The molecular weight excluding hydrogens is 421 g/mol. The number of benzene rings is 1. The summed E-state index contributed by atoms with van der Waals surface area (Å²) in [5, 5.41) is 7.53. The molecule has 168 valence electrons. The standard InChI is InChI=1S/C21H28FN5O3S/c1-14(30-18-7-8-26(2)12-18)19(28)27(3)11-17-13-31-21(24-17)25-20(29)23-10-15-5-4-6-16(22)9-15/h4-6,9,13-14,18H,7-8,10-12H2,1-3H3,(H2,23,24,25,29). The third kappa shape index (κ3) is 6.98. The van der Waals surface area contributed by atoms with E-state index in [1.807, 2.05) is 7.05 Å². The molecule has 0 radical (unpaired) electrons. The molecule has 1 aromatic heterocycles. The van der Waals surface area contributed by atoms with Gasteiger partial charge < -0.3 is 19.9 Å². The summed E-state index contributed by atoms with van der Waals surface area (Å²) in [6, 6.07) is 5.60. The van der Waals surface area contributed by atoms with Gasteiger partial charge in [-0.1, -0.05) is 12.1 Å². The number of nitrogens with zero attached hydrogens (tertiary/aromatic N) is 3. The molecule has 0 saturated carbocycles. The van der Waals surface area contributed by atoms with E-state index in [2.05, 4.69) is 20.5 Å². The lowest BCUT2D eigenvalue weighted by Crippen LogP contribution is -2.38. The Balaban J connectivity index is 1.44. The molecule has 3 rings (SSSR count). The van der Waals surface area contributed by atoms with Crippen LogP contribution in [0.5, 0.6) is 0 Å². The van der Waals surface area contributed by atoms with Gasteiger partial charge in [-0.05, 0) is 38.1 Å². The number of nitrogens with one attached hydrogen (secondary N) is 2. The molecule has 0 bridgehead atoms. The maximum Gasteiger partial charge on any atom is 0.321 e. The highest BCUT2D eigenvalue weighted by Gasteiger charge is 2.26. The van der Waals surface area contributed by atoms with E-state index in [0.717, 1.165) is 19.5 Å². The molecule has 8 nitrogen and oxygen atoms in total. The zero-order valence-electron chi connectivity index (χ0n) is 17.9. The van der Waals surface area contributed by atoms with Crippen LogP contribution in [-0.2, 0) is 22.6 Å². The molecule has 2 aromatic rings. The quantitative estimate of drug-likeness (QED) is 0.647. The van der Waals surface area contributed by atoms with Gasteiger partial charge in [-0.15, -0.1) is 11.3 Å². The first kappa shape index (κ1) is 23.1. The van der Waals surface area contributed by atoms with E-state index in [9.17, 15) is 14.0 Å². The number of likely N-dealkylation sites (N-methyl/N-ethyl adjacent to an activating group) is 2. The second-order valence-corrected chi connectivity index (χ2v) is 8.59. The number of carbonyl (C=O) groups excluding carboxylic acids is 2. The average Bonchev–Trinajstić information content (AvgIpc) is 3.34. The molecule has 3 amide bonds. The molecule has 31 heavy (non-hydrogen) atoms. The lowest BCUT2D eigenvalue weighted by molar-refractivity contribution is -0.145. The third-order valence-corrected chi connectivity index (χ3v) is 5.79. The Bertz CT molecular complexity index is 909. The van der Waals surface area contributed by atoms with Crippen LogP contribution in [0, 0.1) is 5.82 Å². The first-order valence-corrected chi connectivity index (χ1v) is 11.0. The number of amides is 3. The number of anilines is 1. The van der Waals surface area contributed by atoms with E-state index in [4.69, 9.17) is 4.74 Å². The van der Waals surface area contributed by atoms with Gasteiger partial charge in [0.15, 0.2) is 5.13 Å². The Labute approximate surface area is 185 Å². The van der Waals surface area contributed by atoms with E-state index < -0.39 is 12.1 Å². The maximum atomic E-state index is 13.2. The molecule has 2 unspecified atom stereocenters. The molecule has 2 atom stereocenters. The van der Waals surface area contributed by atoms with Crippen molar-refractivity contribution in [2.24, 2.45) is 0 Å². The summed E-state index contributed by atoms with van der Waals surface area (Å²) in [5.41, 5.74) is 1.34. The average molecular weight is 450 g/mol. The highest BCUT2D eigenvalue weighted by molar-refractivity contribution is 7.13. The van der Waals surface area contributed by atoms with Crippen LogP contribution >= 0.6 is 11.3 Å². The van der Waals surface area contributed by atoms with Crippen molar-refractivity contribution in [2.75, 3.05) is 32.5 Å². The largest absolute Gasteiger partial charge is 0.364 e. The summed E-state index contributed by atoms with van der Waals surface area (Å²) in [7, 11) is 3.75. The number of halogens is 1. The number of hydrogen-bond donors (Lipinski definition) is 2. The minimum atomic E-state index is -0.522. The van der Waals surface area contributed by atoms with Gasteiger partial charge in [0.05, 0.1) is 18.3 Å². The fraction of sp³-hybridized carbons (Fsp3) is 0.476. The Morgan fingerprint density at radius 1 is 1.45 bits per heavy atom. The molecule has 1 aliphatic heterocycles. The summed E-state index contributed by atoms with van der Waals surface area (Å²) < 4.78 is 19.1. The van der Waals surface area contributed by atoms with Crippen molar-refractivity contribution in [2.45, 2.75) is 38.6 Å². The van der Waals surface area contributed by atoms with Crippen molar-refractivity contribution in [3.8, 4) is 0 Å². The molecule has 1 fully saturated rings. The lowest BCUT2D eigenvalue weighted by atomic mass is 10.2. The zero-order valence-corrected chi connectivity index (χ0v) is 18.7. The van der Waals surface area contributed by atoms with E-state index >= 15 is 0 Å². The fourth-order valence-corrected chi connectivity index (χ4v) is 4.09. The number of thiazole rings is 1. The van der Waals surface area contributed by atoms with E-state index in [1.54, 1.807) is 36.4 Å². The summed E-state index contributed by atoms with van der Waals surface area (Å²) in [6.45, 7) is 4.11. The summed E-state index contributed by atoms with van der Waals surface area (Å²) >= 11 is 1.27. The number of rotatable bonds is 8. The predicted octanol–water partition coefficient (Wildman–Crippen LogP) is 2.67. The van der Waals surface area contributed by atoms with Crippen molar-refractivity contribution < 1.29 is 18.7 Å². The van der Waals surface area contributed by atoms with Crippen LogP contribution < -0.4 is 10.6 Å². The van der Waals surface area contributed by atoms with E-state index in [-0.39, 0.29) is 24.4 Å². The van der Waals surface area contributed by atoms with Gasteiger partial charge in [-0.3, -0.25) is 10.1 Å². The maximum absolute atomic E-state index is 13.2. The van der Waals surface area contributed by atoms with Crippen molar-refractivity contribution in [3.63, 3.8) is 0 Å². The number of carbonyl (C=O) groups is 2. The molecule has 0 aliphatic carbocycles. The van der Waals surface area contributed by atoms with Crippen LogP contribution in [0.2, 0.25) is 0 Å². The summed E-state index contributed by atoms with van der Waals surface area (Å²) in [5.74, 6) is -0.455. The predicted molar refractivity (Wildman–Crippen MR) is 117 cm³/mol. The van der Waals surface area contributed by atoms with Gasteiger partial charge in [0.25, 0.3) is 5.91 Å². The third-order valence-electron chi connectivity index (χ3n) is 4.98. The van der Waals surface area contributed by atoms with Crippen molar-refractivity contribution in [1.29, 1.82) is 0 Å². The van der Waals surface area contributed by atoms with Gasteiger partial charge in [-0.2, -0.15) is 0 Å². The highest BCUT2D eigenvalue weighted by atomic mass is 32.1. The SMILES string of the molecule is CC(OC1CCN(C)C1)C(=O)N(C)Cc1csc(NC(=O)NCc2cccc(F)c2)n1. The smallest absolute Gasteiger partial charge is 0.321 e. The fourth-order valence-electron chi connectivity index (χ4n) is 3.39. The van der Waals surface area contributed by atoms with Gasteiger partial charge in [0.2, 0.25) is 0 Å². The monoisotopic (exact) mass is 449 g/mol. The molecular formula is C21H28FN5O3S. The number of urea groups is 1. The van der Waals surface area contributed by atoms with Crippen molar-refractivity contribution in [3.05, 3.63) is 46.7 Å². The minimum Gasteiger partial charge on any atom is -0.364 e. The lowest BCUT2D eigenvalue weighted by Gasteiger charge is -2.23. The van der Waals surface area contributed by atoms with Gasteiger partial charge >= 0.3 is 6.03 Å². The normalized spacial score (nSPS) is 17.4. The first-order valence-electron chi connectivity index (χ1n) is 10.1. The van der Waals surface area contributed by atoms with E-state index in [1.165, 1.54) is 23.5 Å². The second kappa shape index (κ2) is 10.7. The van der Waals surface area contributed by atoms with E-state index in [0.29, 0.717) is 22.9 Å². The number of aromatic nitrogens is 1. The van der Waals surface area contributed by atoms with Gasteiger partial charge in [0, 0.05) is 32.1 Å². The Morgan fingerprint density at radius 3 is 2.97 bits per heavy atom. The Kier molecular flexibility index (Phi) is 7.94. The van der Waals surface area contributed by atoms with Gasteiger partial charge in [0.1, 0.15) is 11.9 Å². The molecule has 2 heterocycles. The molecule has 1 saturated heterocycles. The van der Waals surface area contributed by atoms with Crippen LogP contribution in [0.1, 0.15) is 24.6 Å². The number of likely N-dealkylation sites (tertiary alicyclic amines) is 1. The van der Waals surface area contributed by atoms with Crippen LogP contribution in [0.4, 0.5) is 14.3 Å². The highest BCUT2D eigenvalue weighted by Crippen LogP contribution is 2.18. The Morgan fingerprint density at radius 2 is 2.26 bits per heavy atom. The van der Waals surface area contributed by atoms with Crippen LogP contribution in [0.15, 0.2) is 29.6 Å². The number of hydrogen-bond acceptors (Lipinski definition) is 6. The molecule has 10 heteroatoms. The van der Waals surface area contributed by atoms with Crippen LogP contribution in [0.3, 0.4) is 0 Å². The zero-order chi connectivity index (χ0) is 22.4.